The summed E-state index contributed by atoms with van der Waals surface area (Å²) in [6.45, 7) is 1.78. The fraction of sp³-hybridized carbons (Fsp3) is 0.286. The fourth-order valence-electron chi connectivity index (χ4n) is 1.06. The van der Waals surface area contributed by atoms with Crippen LogP contribution in [0.5, 0.6) is 0 Å². The lowest BCUT2D eigenvalue weighted by Crippen LogP contribution is -2.36. The lowest BCUT2D eigenvalue weighted by Gasteiger charge is -2.22. The molecule has 0 aliphatic carbocycles. The molecule has 2 N–H and O–H groups in total. The van der Waals surface area contributed by atoms with Crippen LogP contribution in [-0.4, -0.2) is 21.9 Å². The van der Waals surface area contributed by atoms with Crippen LogP contribution in [0.4, 0.5) is 11.5 Å². The van der Waals surface area contributed by atoms with Crippen molar-refractivity contribution in [2.75, 3.05) is 10.6 Å². The van der Waals surface area contributed by atoms with E-state index in [1.165, 1.54) is 6.33 Å². The molecule has 0 fully saturated rings. The number of hydrogen-bond acceptors (Lipinski definition) is 4. The van der Waals surface area contributed by atoms with Gasteiger partial charge in [0, 0.05) is 0 Å². The predicted octanol–water partition coefficient (Wildman–Crippen LogP) is 0.229. The van der Waals surface area contributed by atoms with Gasteiger partial charge in [0.2, 0.25) is 5.91 Å². The number of nitrogens with one attached hydrogen (secondary N) is 2. The normalized spacial score (nSPS) is 20.8. The van der Waals surface area contributed by atoms with E-state index in [-0.39, 0.29) is 11.9 Å². The highest BCUT2D eigenvalue weighted by molar-refractivity contribution is 6.01. The van der Waals surface area contributed by atoms with E-state index in [0.29, 0.717) is 5.82 Å². The van der Waals surface area contributed by atoms with E-state index in [9.17, 15) is 4.79 Å². The Bertz CT molecular complexity index is 325. The number of fused-ring (bicyclic) bond motifs is 1. The Morgan fingerprint density at radius 3 is 3.25 bits per heavy atom. The minimum Gasteiger partial charge on any atom is -0.370 e. The van der Waals surface area contributed by atoms with Crippen molar-refractivity contribution in [2.24, 2.45) is 0 Å². The molecule has 0 spiro atoms. The van der Waals surface area contributed by atoms with E-state index in [1.54, 1.807) is 13.1 Å². The summed E-state index contributed by atoms with van der Waals surface area (Å²) in [6, 6.07) is -0.219. The molecule has 0 radical (unpaired) electrons. The van der Waals surface area contributed by atoms with Gasteiger partial charge in [-0.1, -0.05) is 0 Å². The van der Waals surface area contributed by atoms with Gasteiger partial charge in [0.25, 0.3) is 0 Å². The summed E-state index contributed by atoms with van der Waals surface area (Å²) in [4.78, 5) is 18.9. The monoisotopic (exact) mass is 164 g/mol. The van der Waals surface area contributed by atoms with E-state index in [1.807, 2.05) is 0 Å². The summed E-state index contributed by atoms with van der Waals surface area (Å²) < 4.78 is 0. The quantitative estimate of drug-likeness (QED) is 0.576. The van der Waals surface area contributed by atoms with Crippen molar-refractivity contribution in [2.45, 2.75) is 13.0 Å². The lowest BCUT2D eigenvalue weighted by atomic mass is 10.2. The molecule has 0 saturated heterocycles. The van der Waals surface area contributed by atoms with Gasteiger partial charge in [-0.15, -0.1) is 0 Å². The Labute approximate surface area is 69.2 Å². The van der Waals surface area contributed by atoms with E-state index in [4.69, 9.17) is 0 Å². The summed E-state index contributed by atoms with van der Waals surface area (Å²) in [5.41, 5.74) is 0.768. The van der Waals surface area contributed by atoms with Crippen molar-refractivity contribution >= 4 is 17.4 Å². The first-order valence-electron chi connectivity index (χ1n) is 3.65. The molecular weight excluding hydrogens is 156 g/mol. The SMILES string of the molecule is CC1Nc2cncnc2NC1=O. The minimum atomic E-state index is -0.219. The third-order valence-corrected chi connectivity index (χ3v) is 1.72. The maximum Gasteiger partial charge on any atom is 0.247 e. The number of hydrogen-bond donors (Lipinski definition) is 2. The van der Waals surface area contributed by atoms with Gasteiger partial charge in [0.05, 0.1) is 11.9 Å². The summed E-state index contributed by atoms with van der Waals surface area (Å²) >= 11 is 0. The molecule has 62 valence electrons. The summed E-state index contributed by atoms with van der Waals surface area (Å²) in [5, 5.41) is 5.63. The smallest absolute Gasteiger partial charge is 0.247 e. The second kappa shape index (κ2) is 2.44. The average Bonchev–Trinajstić information content (AvgIpc) is 2.07. The molecule has 5 heteroatoms. The molecule has 0 aromatic carbocycles. The van der Waals surface area contributed by atoms with Crippen molar-refractivity contribution in [3.8, 4) is 0 Å². The van der Waals surface area contributed by atoms with Crippen molar-refractivity contribution in [3.05, 3.63) is 12.5 Å². The summed E-state index contributed by atoms with van der Waals surface area (Å²) in [7, 11) is 0. The molecule has 1 unspecified atom stereocenters. The first kappa shape index (κ1) is 7.02. The first-order valence-corrected chi connectivity index (χ1v) is 3.65. The van der Waals surface area contributed by atoms with Crippen LogP contribution in [0.3, 0.4) is 0 Å². The van der Waals surface area contributed by atoms with Crippen molar-refractivity contribution in [1.29, 1.82) is 0 Å². The van der Waals surface area contributed by atoms with Gasteiger partial charge < -0.3 is 10.6 Å². The van der Waals surface area contributed by atoms with Gasteiger partial charge in [-0.2, -0.15) is 0 Å². The van der Waals surface area contributed by atoms with Crippen LogP contribution < -0.4 is 10.6 Å². The molecule has 0 bridgehead atoms. The van der Waals surface area contributed by atoms with Gasteiger partial charge in [0.1, 0.15) is 12.4 Å². The van der Waals surface area contributed by atoms with Crippen LogP contribution in [0.2, 0.25) is 0 Å². The van der Waals surface area contributed by atoms with Gasteiger partial charge in [-0.3, -0.25) is 4.79 Å². The molecule has 12 heavy (non-hydrogen) atoms. The third-order valence-electron chi connectivity index (χ3n) is 1.72. The molecule has 1 aliphatic rings. The molecular formula is C7H8N4O. The van der Waals surface area contributed by atoms with Crippen LogP contribution in [0, 0.1) is 0 Å². The molecule has 1 amide bonds. The fourth-order valence-corrected chi connectivity index (χ4v) is 1.06. The zero-order valence-corrected chi connectivity index (χ0v) is 6.53. The van der Waals surface area contributed by atoms with Crippen LogP contribution in [0.1, 0.15) is 6.92 Å². The molecule has 1 aliphatic heterocycles. The highest BCUT2D eigenvalue weighted by atomic mass is 16.2. The highest BCUT2D eigenvalue weighted by Crippen LogP contribution is 2.21. The number of amides is 1. The molecule has 1 aromatic rings. The van der Waals surface area contributed by atoms with E-state index in [0.717, 1.165) is 5.69 Å². The summed E-state index contributed by atoms with van der Waals surface area (Å²) in [6.07, 6.45) is 3.04. The van der Waals surface area contributed by atoms with Gasteiger partial charge >= 0.3 is 0 Å². The van der Waals surface area contributed by atoms with Crippen LogP contribution in [0.25, 0.3) is 0 Å². The molecule has 1 aromatic heterocycles. The second-order valence-corrected chi connectivity index (χ2v) is 2.64. The van der Waals surface area contributed by atoms with Crippen LogP contribution >= 0.6 is 0 Å². The summed E-state index contributed by atoms with van der Waals surface area (Å²) in [5.74, 6) is 0.481. The average molecular weight is 164 g/mol. The van der Waals surface area contributed by atoms with E-state index >= 15 is 0 Å². The zero-order chi connectivity index (χ0) is 8.55. The van der Waals surface area contributed by atoms with E-state index in [2.05, 4.69) is 20.6 Å². The molecule has 2 heterocycles. The van der Waals surface area contributed by atoms with Crippen LogP contribution in [0.15, 0.2) is 12.5 Å². The second-order valence-electron chi connectivity index (χ2n) is 2.64. The minimum absolute atomic E-state index is 0.0683. The Balaban J connectivity index is 2.40. The highest BCUT2D eigenvalue weighted by Gasteiger charge is 2.21. The topological polar surface area (TPSA) is 66.9 Å². The van der Waals surface area contributed by atoms with Gasteiger partial charge in [-0.25, -0.2) is 9.97 Å². The number of carbonyl (C=O) groups is 1. The molecule has 5 nitrogen and oxygen atoms in total. The third kappa shape index (κ3) is 0.990. The number of anilines is 2. The van der Waals surface area contributed by atoms with Gasteiger partial charge in [-0.05, 0) is 6.92 Å². The standard InChI is InChI=1S/C7H8N4O/c1-4-7(12)11-6-5(10-4)2-8-3-9-6/h2-4,10H,1H3,(H,8,9,11,12). The Morgan fingerprint density at radius 1 is 1.58 bits per heavy atom. The first-order chi connectivity index (χ1) is 5.77. The molecule has 2 rings (SSSR count). The largest absolute Gasteiger partial charge is 0.370 e. The Morgan fingerprint density at radius 2 is 2.42 bits per heavy atom. The lowest BCUT2D eigenvalue weighted by molar-refractivity contribution is -0.116. The molecule has 1 atom stereocenters. The van der Waals surface area contributed by atoms with E-state index < -0.39 is 0 Å². The Hall–Kier alpha value is -1.65. The zero-order valence-electron chi connectivity index (χ0n) is 6.53. The predicted molar refractivity (Wildman–Crippen MR) is 43.7 cm³/mol. The van der Waals surface area contributed by atoms with Crippen LogP contribution in [-0.2, 0) is 4.79 Å². The molecule has 0 saturated carbocycles. The number of carbonyl (C=O) groups excluding carboxylic acids is 1. The van der Waals surface area contributed by atoms with Gasteiger partial charge in [0.15, 0.2) is 5.82 Å². The van der Waals surface area contributed by atoms with Crippen molar-refractivity contribution in [3.63, 3.8) is 0 Å². The maximum absolute atomic E-state index is 11.1. The number of rotatable bonds is 0. The number of aromatic nitrogens is 2. The van der Waals surface area contributed by atoms with Crippen molar-refractivity contribution in [1.82, 2.24) is 9.97 Å². The Kier molecular flexibility index (Phi) is 1.43. The maximum atomic E-state index is 11.1. The van der Waals surface area contributed by atoms with Crippen molar-refractivity contribution < 1.29 is 4.79 Å². The number of nitrogens with zero attached hydrogens (tertiary/aromatic N) is 2.